The van der Waals surface area contributed by atoms with Crippen molar-refractivity contribution in [2.75, 3.05) is 12.9 Å². The molecule has 0 saturated heterocycles. The number of methoxy groups -OCH3 is 1. The van der Waals surface area contributed by atoms with E-state index in [0.717, 1.165) is 0 Å². The summed E-state index contributed by atoms with van der Waals surface area (Å²) in [4.78, 5) is 11.9. The molecule has 0 fully saturated rings. The van der Waals surface area contributed by atoms with Gasteiger partial charge < -0.3 is 18.5 Å². The predicted octanol–water partition coefficient (Wildman–Crippen LogP) is 2.78. The lowest BCUT2D eigenvalue weighted by molar-refractivity contribution is -0.131. The van der Waals surface area contributed by atoms with E-state index in [2.05, 4.69) is 10.2 Å². The van der Waals surface area contributed by atoms with Gasteiger partial charge in [-0.2, -0.15) is 0 Å². The van der Waals surface area contributed by atoms with Gasteiger partial charge in [0.2, 0.25) is 0 Å². The minimum Gasteiger partial charge on any atom is -0.497 e. The lowest BCUT2D eigenvalue weighted by atomic mass is 10.3. The molecule has 1 aromatic carbocycles. The van der Waals surface area contributed by atoms with Crippen molar-refractivity contribution >= 4 is 17.7 Å². The number of thioether (sulfide) groups is 1. The van der Waals surface area contributed by atoms with E-state index < -0.39 is 0 Å². The molecule has 0 aliphatic rings. The van der Waals surface area contributed by atoms with Crippen LogP contribution >= 0.6 is 11.8 Å². The summed E-state index contributed by atoms with van der Waals surface area (Å²) in [6.45, 7) is 0. The van der Waals surface area contributed by atoms with E-state index in [1.165, 1.54) is 11.8 Å². The Morgan fingerprint density at radius 1 is 1.21 bits per heavy atom. The number of benzene rings is 1. The van der Waals surface area contributed by atoms with E-state index in [4.69, 9.17) is 13.9 Å². The first-order chi connectivity index (χ1) is 11.7. The van der Waals surface area contributed by atoms with Crippen LogP contribution in [-0.4, -0.2) is 33.6 Å². The maximum Gasteiger partial charge on any atom is 0.321 e. The lowest BCUT2D eigenvalue weighted by Gasteiger charge is -2.05. The van der Waals surface area contributed by atoms with Gasteiger partial charge in [-0.05, 0) is 36.4 Å². The fraction of sp³-hybridized carbons (Fsp3) is 0.188. The molecule has 3 aromatic rings. The van der Waals surface area contributed by atoms with Gasteiger partial charge in [0, 0.05) is 7.05 Å². The van der Waals surface area contributed by atoms with Gasteiger partial charge in [0.1, 0.15) is 11.5 Å². The average Bonchev–Trinajstić information content (AvgIpc) is 3.23. The molecule has 0 aliphatic heterocycles. The van der Waals surface area contributed by atoms with Crippen molar-refractivity contribution in [3.63, 3.8) is 0 Å². The normalized spacial score (nSPS) is 10.6. The monoisotopic (exact) mass is 345 g/mol. The molecule has 0 atom stereocenters. The number of furan rings is 1. The highest BCUT2D eigenvalue weighted by molar-refractivity contribution is 7.99. The predicted molar refractivity (Wildman–Crippen MR) is 88.1 cm³/mol. The number of hydrogen-bond donors (Lipinski definition) is 0. The van der Waals surface area contributed by atoms with Crippen LogP contribution in [0.15, 0.2) is 52.2 Å². The van der Waals surface area contributed by atoms with E-state index >= 15 is 0 Å². The highest BCUT2D eigenvalue weighted by Crippen LogP contribution is 2.23. The van der Waals surface area contributed by atoms with Crippen molar-refractivity contribution in [2.45, 2.75) is 5.16 Å². The molecule has 7 nitrogen and oxygen atoms in total. The molecule has 0 amide bonds. The summed E-state index contributed by atoms with van der Waals surface area (Å²) < 4.78 is 17.4. The summed E-state index contributed by atoms with van der Waals surface area (Å²) in [6, 6.07) is 10.4. The molecule has 2 aromatic heterocycles. The van der Waals surface area contributed by atoms with Gasteiger partial charge >= 0.3 is 5.97 Å². The van der Waals surface area contributed by atoms with E-state index in [1.807, 2.05) is 7.05 Å². The molecule has 2 heterocycles. The van der Waals surface area contributed by atoms with Gasteiger partial charge in [-0.25, -0.2) is 0 Å². The van der Waals surface area contributed by atoms with Crippen LogP contribution in [0.2, 0.25) is 0 Å². The van der Waals surface area contributed by atoms with Crippen LogP contribution in [0.1, 0.15) is 0 Å². The van der Waals surface area contributed by atoms with Crippen molar-refractivity contribution in [3.05, 3.63) is 42.7 Å². The third-order valence-electron chi connectivity index (χ3n) is 3.19. The van der Waals surface area contributed by atoms with Gasteiger partial charge in [-0.3, -0.25) is 4.79 Å². The first-order valence-electron chi connectivity index (χ1n) is 7.08. The first kappa shape index (κ1) is 16.1. The van der Waals surface area contributed by atoms with E-state index in [1.54, 1.807) is 54.3 Å². The molecular weight excluding hydrogens is 330 g/mol. The minimum absolute atomic E-state index is 0.121. The number of nitrogens with zero attached hydrogens (tertiary/aromatic N) is 3. The van der Waals surface area contributed by atoms with Crippen molar-refractivity contribution in [1.82, 2.24) is 14.8 Å². The number of carbonyl (C=O) groups excluding carboxylic acids is 1. The molecular formula is C16H15N3O4S. The third-order valence-corrected chi connectivity index (χ3v) is 4.18. The molecule has 0 radical (unpaired) electrons. The number of ether oxygens (including phenoxy) is 2. The first-order valence-corrected chi connectivity index (χ1v) is 8.06. The zero-order valence-electron chi connectivity index (χ0n) is 13.1. The Morgan fingerprint density at radius 3 is 2.62 bits per heavy atom. The molecule has 0 bridgehead atoms. The number of esters is 1. The van der Waals surface area contributed by atoms with Gasteiger partial charge in [-0.15, -0.1) is 10.2 Å². The second-order valence-electron chi connectivity index (χ2n) is 4.78. The Kier molecular flexibility index (Phi) is 4.85. The fourth-order valence-electron chi connectivity index (χ4n) is 1.99. The van der Waals surface area contributed by atoms with Gasteiger partial charge in [0.15, 0.2) is 16.7 Å². The Morgan fingerprint density at radius 2 is 1.96 bits per heavy atom. The summed E-state index contributed by atoms with van der Waals surface area (Å²) >= 11 is 1.25. The Balaban J connectivity index is 1.58. The van der Waals surface area contributed by atoms with Gasteiger partial charge in [0.05, 0.1) is 19.1 Å². The Bertz CT molecular complexity index is 812. The number of aromatic nitrogens is 3. The summed E-state index contributed by atoms with van der Waals surface area (Å²) in [6.07, 6.45) is 1.57. The molecule has 124 valence electrons. The van der Waals surface area contributed by atoms with Crippen LogP contribution < -0.4 is 9.47 Å². The molecule has 0 unspecified atom stereocenters. The SMILES string of the molecule is COc1ccc(OC(=O)CSc2nnc(-c3ccco3)n2C)cc1. The van der Waals surface area contributed by atoms with Crippen LogP contribution in [0.3, 0.4) is 0 Å². The summed E-state index contributed by atoms with van der Waals surface area (Å²) in [7, 11) is 3.39. The molecule has 0 N–H and O–H groups in total. The van der Waals surface area contributed by atoms with Gasteiger partial charge in [-0.1, -0.05) is 11.8 Å². The fourth-order valence-corrected chi connectivity index (χ4v) is 2.67. The maximum atomic E-state index is 11.9. The molecule has 0 spiro atoms. The topological polar surface area (TPSA) is 79.4 Å². The largest absolute Gasteiger partial charge is 0.497 e. The molecule has 3 rings (SSSR count). The molecule has 8 heteroatoms. The van der Waals surface area contributed by atoms with E-state index in [9.17, 15) is 4.79 Å². The van der Waals surface area contributed by atoms with Crippen molar-refractivity contribution in [1.29, 1.82) is 0 Å². The standard InChI is InChI=1S/C16H15N3O4S/c1-19-15(13-4-3-9-22-13)17-18-16(19)24-10-14(20)23-12-7-5-11(21-2)6-8-12/h3-9H,10H2,1-2H3. The second-order valence-corrected chi connectivity index (χ2v) is 5.72. The average molecular weight is 345 g/mol. The highest BCUT2D eigenvalue weighted by Gasteiger charge is 2.15. The smallest absolute Gasteiger partial charge is 0.321 e. The summed E-state index contributed by atoms with van der Waals surface area (Å²) in [5, 5.41) is 8.74. The molecule has 0 aliphatic carbocycles. The zero-order chi connectivity index (χ0) is 16.9. The molecule has 0 saturated carbocycles. The lowest BCUT2D eigenvalue weighted by Crippen LogP contribution is -2.11. The van der Waals surface area contributed by atoms with E-state index in [0.29, 0.717) is 28.2 Å². The minimum atomic E-state index is -0.368. The van der Waals surface area contributed by atoms with Crippen LogP contribution in [0.5, 0.6) is 11.5 Å². The van der Waals surface area contributed by atoms with Crippen molar-refractivity contribution in [2.24, 2.45) is 7.05 Å². The number of hydrogen-bond acceptors (Lipinski definition) is 7. The van der Waals surface area contributed by atoms with Crippen LogP contribution in [0.4, 0.5) is 0 Å². The summed E-state index contributed by atoms with van der Waals surface area (Å²) in [5.74, 6) is 2.15. The number of rotatable bonds is 6. The van der Waals surface area contributed by atoms with Crippen molar-refractivity contribution < 1.29 is 18.7 Å². The summed E-state index contributed by atoms with van der Waals surface area (Å²) in [5.41, 5.74) is 0. The van der Waals surface area contributed by atoms with Gasteiger partial charge in [0.25, 0.3) is 0 Å². The zero-order valence-corrected chi connectivity index (χ0v) is 13.9. The van der Waals surface area contributed by atoms with Crippen LogP contribution in [0.25, 0.3) is 11.6 Å². The van der Waals surface area contributed by atoms with E-state index in [-0.39, 0.29) is 11.7 Å². The highest BCUT2D eigenvalue weighted by atomic mass is 32.2. The Hall–Kier alpha value is -2.74. The third kappa shape index (κ3) is 3.60. The molecule has 24 heavy (non-hydrogen) atoms. The number of carbonyl (C=O) groups is 1. The quantitative estimate of drug-likeness (QED) is 0.386. The van der Waals surface area contributed by atoms with Crippen LogP contribution in [-0.2, 0) is 11.8 Å². The van der Waals surface area contributed by atoms with Crippen molar-refractivity contribution in [3.8, 4) is 23.1 Å². The second kappa shape index (κ2) is 7.22. The Labute approximate surface area is 142 Å². The van der Waals surface area contributed by atoms with Crippen LogP contribution in [0, 0.1) is 0 Å². The maximum absolute atomic E-state index is 11.9.